The van der Waals surface area contributed by atoms with E-state index in [1.54, 1.807) is 4.90 Å². The van der Waals surface area contributed by atoms with E-state index >= 15 is 0 Å². The Bertz CT molecular complexity index is 467. The predicted octanol–water partition coefficient (Wildman–Crippen LogP) is 2.36. The van der Waals surface area contributed by atoms with Gasteiger partial charge >= 0.3 is 0 Å². The smallest absolute Gasteiger partial charge is 0.256 e. The second-order valence-corrected chi connectivity index (χ2v) is 4.79. The summed E-state index contributed by atoms with van der Waals surface area (Å²) >= 11 is 0. The van der Waals surface area contributed by atoms with Gasteiger partial charge in [-0.1, -0.05) is 25.1 Å². The summed E-state index contributed by atoms with van der Waals surface area (Å²) in [5.41, 5.74) is 0.824. The van der Waals surface area contributed by atoms with E-state index in [0.29, 0.717) is 19.6 Å². The molecule has 4 heteroatoms. The van der Waals surface area contributed by atoms with E-state index in [4.69, 9.17) is 10.00 Å². The van der Waals surface area contributed by atoms with Gasteiger partial charge in [0.05, 0.1) is 12.5 Å². The van der Waals surface area contributed by atoms with Crippen LogP contribution in [0.5, 0.6) is 0 Å². The number of amides is 1. The molecule has 1 aromatic carbocycles. The zero-order valence-corrected chi connectivity index (χ0v) is 11.1. The first kappa shape index (κ1) is 13.6. The SMILES string of the molecule is CC1CCOC1C(=O)N(CCC#N)c1ccccc1. The molecule has 1 aromatic rings. The minimum absolute atomic E-state index is 0.0357. The predicted molar refractivity (Wildman–Crippen MR) is 72.5 cm³/mol. The van der Waals surface area contributed by atoms with Crippen molar-refractivity contribution in [2.75, 3.05) is 18.1 Å². The number of nitriles is 1. The first-order valence-corrected chi connectivity index (χ1v) is 6.59. The maximum absolute atomic E-state index is 12.6. The zero-order chi connectivity index (χ0) is 13.7. The van der Waals surface area contributed by atoms with Gasteiger partial charge in [-0.15, -0.1) is 0 Å². The summed E-state index contributed by atoms with van der Waals surface area (Å²) in [6.07, 6.45) is 0.859. The van der Waals surface area contributed by atoms with Gasteiger partial charge in [0.15, 0.2) is 0 Å². The van der Waals surface area contributed by atoms with Gasteiger partial charge in [0.2, 0.25) is 0 Å². The number of para-hydroxylation sites is 1. The molecule has 1 heterocycles. The van der Waals surface area contributed by atoms with Crippen LogP contribution in [0.25, 0.3) is 0 Å². The van der Waals surface area contributed by atoms with Crippen molar-refractivity contribution in [3.05, 3.63) is 30.3 Å². The van der Waals surface area contributed by atoms with Crippen molar-refractivity contribution < 1.29 is 9.53 Å². The third-order valence-corrected chi connectivity index (χ3v) is 3.41. The summed E-state index contributed by atoms with van der Waals surface area (Å²) in [6.45, 7) is 3.08. The van der Waals surface area contributed by atoms with Crippen LogP contribution in [0.2, 0.25) is 0 Å². The Morgan fingerprint density at radius 3 is 2.79 bits per heavy atom. The monoisotopic (exact) mass is 258 g/mol. The Morgan fingerprint density at radius 2 is 2.21 bits per heavy atom. The fourth-order valence-electron chi connectivity index (χ4n) is 2.30. The van der Waals surface area contributed by atoms with Gasteiger partial charge < -0.3 is 9.64 Å². The highest BCUT2D eigenvalue weighted by atomic mass is 16.5. The summed E-state index contributed by atoms with van der Waals surface area (Å²) in [5, 5.41) is 8.74. The second kappa shape index (κ2) is 6.35. The van der Waals surface area contributed by atoms with E-state index in [1.165, 1.54) is 0 Å². The molecular formula is C15H18N2O2. The first-order valence-electron chi connectivity index (χ1n) is 6.59. The number of benzene rings is 1. The van der Waals surface area contributed by atoms with Crippen LogP contribution in [0, 0.1) is 17.2 Å². The lowest BCUT2D eigenvalue weighted by Gasteiger charge is -2.26. The number of carbonyl (C=O) groups is 1. The van der Waals surface area contributed by atoms with Gasteiger partial charge in [-0.3, -0.25) is 4.79 Å². The average Bonchev–Trinajstić information content (AvgIpc) is 2.86. The summed E-state index contributed by atoms with van der Waals surface area (Å²) in [5.74, 6) is 0.201. The standard InChI is InChI=1S/C15H18N2O2/c1-12-8-11-19-14(12)15(18)17(10-5-9-16)13-6-3-2-4-7-13/h2-4,6-7,12,14H,5,8,10-11H2,1H3. The zero-order valence-electron chi connectivity index (χ0n) is 11.1. The third-order valence-electron chi connectivity index (χ3n) is 3.41. The van der Waals surface area contributed by atoms with Crippen LogP contribution in [0.4, 0.5) is 5.69 Å². The number of hydrogen-bond acceptors (Lipinski definition) is 3. The molecule has 0 bridgehead atoms. The van der Waals surface area contributed by atoms with Crippen LogP contribution < -0.4 is 4.90 Å². The Hall–Kier alpha value is -1.86. The van der Waals surface area contributed by atoms with Gasteiger partial charge in [0.25, 0.3) is 5.91 Å². The van der Waals surface area contributed by atoms with E-state index in [2.05, 4.69) is 6.07 Å². The van der Waals surface area contributed by atoms with Crippen LogP contribution in [0.15, 0.2) is 30.3 Å². The van der Waals surface area contributed by atoms with Crippen molar-refractivity contribution in [3.8, 4) is 6.07 Å². The molecule has 0 spiro atoms. The van der Waals surface area contributed by atoms with Crippen molar-refractivity contribution >= 4 is 11.6 Å². The molecule has 1 aliphatic heterocycles. The molecule has 1 amide bonds. The lowest BCUT2D eigenvalue weighted by atomic mass is 10.0. The fraction of sp³-hybridized carbons (Fsp3) is 0.467. The van der Waals surface area contributed by atoms with Crippen LogP contribution in [-0.4, -0.2) is 25.2 Å². The van der Waals surface area contributed by atoms with Gasteiger partial charge in [-0.05, 0) is 24.5 Å². The van der Waals surface area contributed by atoms with Crippen LogP contribution in [0.1, 0.15) is 19.8 Å². The van der Waals surface area contributed by atoms with Crippen LogP contribution >= 0.6 is 0 Å². The maximum atomic E-state index is 12.6. The first-order chi connectivity index (χ1) is 9.24. The molecule has 1 fully saturated rings. The molecular weight excluding hydrogens is 240 g/mol. The van der Waals surface area contributed by atoms with Crippen LogP contribution in [-0.2, 0) is 9.53 Å². The van der Waals surface area contributed by atoms with E-state index in [9.17, 15) is 4.79 Å². The Labute approximate surface area is 113 Å². The topological polar surface area (TPSA) is 53.3 Å². The van der Waals surface area contributed by atoms with Crippen molar-refractivity contribution in [1.29, 1.82) is 5.26 Å². The van der Waals surface area contributed by atoms with Gasteiger partial charge in [0, 0.05) is 18.8 Å². The molecule has 0 radical (unpaired) electrons. The summed E-state index contributed by atoms with van der Waals surface area (Å²) in [6, 6.07) is 11.5. The number of nitrogens with zero attached hydrogens (tertiary/aromatic N) is 2. The van der Waals surface area contributed by atoms with E-state index in [1.807, 2.05) is 37.3 Å². The highest BCUT2D eigenvalue weighted by molar-refractivity contribution is 5.96. The largest absolute Gasteiger partial charge is 0.368 e. The highest BCUT2D eigenvalue weighted by Gasteiger charge is 2.34. The lowest BCUT2D eigenvalue weighted by Crippen LogP contribution is -2.41. The number of carbonyl (C=O) groups excluding carboxylic acids is 1. The average molecular weight is 258 g/mol. The van der Waals surface area contributed by atoms with Gasteiger partial charge in [-0.25, -0.2) is 0 Å². The quantitative estimate of drug-likeness (QED) is 0.833. The molecule has 0 aliphatic carbocycles. The molecule has 2 unspecified atom stereocenters. The molecule has 4 nitrogen and oxygen atoms in total. The molecule has 1 aliphatic rings. The van der Waals surface area contributed by atoms with E-state index in [-0.39, 0.29) is 17.9 Å². The molecule has 1 saturated heterocycles. The van der Waals surface area contributed by atoms with E-state index in [0.717, 1.165) is 12.1 Å². The number of hydrogen-bond donors (Lipinski definition) is 0. The molecule has 19 heavy (non-hydrogen) atoms. The molecule has 2 rings (SSSR count). The molecule has 100 valence electrons. The maximum Gasteiger partial charge on any atom is 0.256 e. The minimum atomic E-state index is -0.376. The molecule has 0 aromatic heterocycles. The fourth-order valence-corrected chi connectivity index (χ4v) is 2.30. The Balaban J connectivity index is 2.18. The Kier molecular flexibility index (Phi) is 4.53. The minimum Gasteiger partial charge on any atom is -0.368 e. The Morgan fingerprint density at radius 1 is 1.47 bits per heavy atom. The van der Waals surface area contributed by atoms with E-state index < -0.39 is 0 Å². The molecule has 0 saturated carbocycles. The highest BCUT2D eigenvalue weighted by Crippen LogP contribution is 2.24. The second-order valence-electron chi connectivity index (χ2n) is 4.79. The summed E-state index contributed by atoms with van der Waals surface area (Å²) in [7, 11) is 0. The molecule has 2 atom stereocenters. The van der Waals surface area contributed by atoms with Gasteiger partial charge in [-0.2, -0.15) is 5.26 Å². The summed E-state index contributed by atoms with van der Waals surface area (Å²) in [4.78, 5) is 14.2. The van der Waals surface area contributed by atoms with Crippen molar-refractivity contribution in [1.82, 2.24) is 0 Å². The van der Waals surface area contributed by atoms with Crippen molar-refractivity contribution in [3.63, 3.8) is 0 Å². The van der Waals surface area contributed by atoms with Crippen molar-refractivity contribution in [2.45, 2.75) is 25.9 Å². The number of rotatable bonds is 4. The normalized spacial score (nSPS) is 21.9. The van der Waals surface area contributed by atoms with Crippen LogP contribution in [0.3, 0.4) is 0 Å². The lowest BCUT2D eigenvalue weighted by molar-refractivity contribution is -0.128. The van der Waals surface area contributed by atoms with Crippen molar-refractivity contribution in [2.24, 2.45) is 5.92 Å². The summed E-state index contributed by atoms with van der Waals surface area (Å²) < 4.78 is 5.54. The third kappa shape index (κ3) is 3.12. The van der Waals surface area contributed by atoms with Gasteiger partial charge in [0.1, 0.15) is 6.10 Å². The molecule has 0 N–H and O–H groups in total. The number of anilines is 1. The number of ether oxygens (including phenoxy) is 1.